The van der Waals surface area contributed by atoms with Crippen molar-refractivity contribution >= 4 is 21.7 Å². The van der Waals surface area contributed by atoms with Gasteiger partial charge in [0, 0.05) is 18.0 Å². The van der Waals surface area contributed by atoms with Gasteiger partial charge in [-0.15, -0.1) is 0 Å². The number of halogens is 2. The van der Waals surface area contributed by atoms with Gasteiger partial charge in [-0.25, -0.2) is 9.37 Å². The standard InChI is InChI=1S/C16H19BrFN3/c1-9(2)8-21-15(19)14(20-16(21)10-3-4-10)11-5-6-12(17)13(18)7-11/h5-7,9-10H,3-4,8,19H2,1-2H3. The van der Waals surface area contributed by atoms with Crippen LogP contribution in [0.4, 0.5) is 10.2 Å². The van der Waals surface area contributed by atoms with Gasteiger partial charge in [-0.2, -0.15) is 0 Å². The van der Waals surface area contributed by atoms with E-state index in [1.807, 2.05) is 6.07 Å². The Hall–Kier alpha value is -1.36. The zero-order chi connectivity index (χ0) is 15.1. The Morgan fingerprint density at radius 3 is 2.71 bits per heavy atom. The summed E-state index contributed by atoms with van der Waals surface area (Å²) in [6.45, 7) is 5.17. The molecule has 2 aromatic rings. The molecule has 1 aliphatic rings. The van der Waals surface area contributed by atoms with Gasteiger partial charge in [0.25, 0.3) is 0 Å². The molecule has 1 aromatic carbocycles. The number of hydrogen-bond acceptors (Lipinski definition) is 2. The summed E-state index contributed by atoms with van der Waals surface area (Å²) in [5.74, 6) is 2.42. The van der Waals surface area contributed by atoms with Crippen LogP contribution in [0.15, 0.2) is 22.7 Å². The molecule has 1 saturated carbocycles. The lowest BCUT2D eigenvalue weighted by atomic mass is 10.1. The molecular formula is C16H19BrFN3. The minimum atomic E-state index is -0.293. The molecule has 0 saturated heterocycles. The maximum atomic E-state index is 13.8. The van der Waals surface area contributed by atoms with E-state index in [1.165, 1.54) is 18.9 Å². The van der Waals surface area contributed by atoms with E-state index >= 15 is 0 Å². The molecule has 1 aromatic heterocycles. The molecule has 3 rings (SSSR count). The van der Waals surface area contributed by atoms with Crippen molar-refractivity contribution in [1.82, 2.24) is 9.55 Å². The second-order valence-electron chi connectivity index (χ2n) is 6.11. The number of nitrogen functional groups attached to an aromatic ring is 1. The average Bonchev–Trinajstić information content (AvgIpc) is 3.21. The van der Waals surface area contributed by atoms with E-state index in [1.54, 1.807) is 6.07 Å². The maximum Gasteiger partial charge on any atom is 0.138 e. The summed E-state index contributed by atoms with van der Waals surface area (Å²) in [5.41, 5.74) is 7.74. The molecule has 0 radical (unpaired) electrons. The van der Waals surface area contributed by atoms with Crippen LogP contribution in [-0.4, -0.2) is 9.55 Å². The van der Waals surface area contributed by atoms with Gasteiger partial charge >= 0.3 is 0 Å². The van der Waals surface area contributed by atoms with E-state index in [-0.39, 0.29) is 5.82 Å². The molecule has 2 N–H and O–H groups in total. The highest BCUT2D eigenvalue weighted by atomic mass is 79.9. The molecule has 0 atom stereocenters. The fraction of sp³-hybridized carbons (Fsp3) is 0.438. The second-order valence-corrected chi connectivity index (χ2v) is 6.97. The lowest BCUT2D eigenvalue weighted by Crippen LogP contribution is -2.10. The van der Waals surface area contributed by atoms with Crippen LogP contribution in [0.25, 0.3) is 11.3 Å². The van der Waals surface area contributed by atoms with Crippen LogP contribution < -0.4 is 5.73 Å². The van der Waals surface area contributed by atoms with Crippen molar-refractivity contribution in [3.05, 3.63) is 34.3 Å². The number of anilines is 1. The number of aromatic nitrogens is 2. The van der Waals surface area contributed by atoms with E-state index in [9.17, 15) is 4.39 Å². The smallest absolute Gasteiger partial charge is 0.138 e. The predicted molar refractivity (Wildman–Crippen MR) is 86.5 cm³/mol. The van der Waals surface area contributed by atoms with Gasteiger partial charge in [-0.3, -0.25) is 0 Å². The van der Waals surface area contributed by atoms with Crippen LogP contribution in [-0.2, 0) is 6.54 Å². The molecular weight excluding hydrogens is 333 g/mol. The van der Waals surface area contributed by atoms with Gasteiger partial charge in [0.2, 0.25) is 0 Å². The predicted octanol–water partition coefficient (Wildman–Crippen LogP) is 4.57. The summed E-state index contributed by atoms with van der Waals surface area (Å²) in [6.07, 6.45) is 2.34. The number of rotatable bonds is 4. The van der Waals surface area contributed by atoms with E-state index in [2.05, 4.69) is 34.3 Å². The summed E-state index contributed by atoms with van der Waals surface area (Å²) < 4.78 is 16.3. The van der Waals surface area contributed by atoms with Gasteiger partial charge in [-0.05, 0) is 46.8 Å². The highest BCUT2D eigenvalue weighted by Crippen LogP contribution is 2.42. The van der Waals surface area contributed by atoms with Crippen molar-refractivity contribution < 1.29 is 4.39 Å². The Bertz CT molecular complexity index is 674. The molecule has 0 unspecified atom stereocenters. The molecule has 0 amide bonds. The molecule has 1 aliphatic carbocycles. The van der Waals surface area contributed by atoms with Gasteiger partial charge < -0.3 is 10.3 Å². The normalized spacial score (nSPS) is 14.9. The molecule has 5 heteroatoms. The van der Waals surface area contributed by atoms with E-state index < -0.39 is 0 Å². The first-order valence-electron chi connectivity index (χ1n) is 7.28. The van der Waals surface area contributed by atoms with Crippen molar-refractivity contribution in [2.45, 2.75) is 39.2 Å². The number of nitrogens with two attached hydrogens (primary N) is 1. The third-order valence-corrected chi connectivity index (χ3v) is 4.36. The molecule has 112 valence electrons. The SMILES string of the molecule is CC(C)Cn1c(C2CC2)nc(-c2ccc(Br)c(F)c2)c1N. The summed E-state index contributed by atoms with van der Waals surface area (Å²) in [6, 6.07) is 5.03. The van der Waals surface area contributed by atoms with Crippen molar-refractivity contribution in [3.8, 4) is 11.3 Å². The average molecular weight is 352 g/mol. The summed E-state index contributed by atoms with van der Waals surface area (Å²) >= 11 is 3.17. The van der Waals surface area contributed by atoms with Crippen LogP contribution in [0.2, 0.25) is 0 Å². The molecule has 1 heterocycles. The van der Waals surface area contributed by atoms with Crippen LogP contribution in [0.3, 0.4) is 0 Å². The third-order valence-electron chi connectivity index (χ3n) is 3.72. The van der Waals surface area contributed by atoms with Gasteiger partial charge in [0.05, 0.1) is 4.47 Å². The minimum Gasteiger partial charge on any atom is -0.383 e. The van der Waals surface area contributed by atoms with Crippen molar-refractivity contribution in [1.29, 1.82) is 0 Å². The number of imidazole rings is 1. The molecule has 1 fully saturated rings. The highest BCUT2D eigenvalue weighted by molar-refractivity contribution is 9.10. The monoisotopic (exact) mass is 351 g/mol. The first-order valence-corrected chi connectivity index (χ1v) is 8.08. The van der Waals surface area contributed by atoms with E-state index in [0.717, 1.165) is 17.9 Å². The zero-order valence-electron chi connectivity index (χ0n) is 12.2. The number of benzene rings is 1. The first-order chi connectivity index (χ1) is 9.97. The van der Waals surface area contributed by atoms with Crippen molar-refractivity contribution in [3.63, 3.8) is 0 Å². The van der Waals surface area contributed by atoms with Crippen LogP contribution in [0.1, 0.15) is 38.4 Å². The highest BCUT2D eigenvalue weighted by Gasteiger charge is 2.31. The second kappa shape index (κ2) is 5.44. The molecule has 0 bridgehead atoms. The summed E-state index contributed by atoms with van der Waals surface area (Å²) in [7, 11) is 0. The maximum absolute atomic E-state index is 13.8. The van der Waals surface area contributed by atoms with Crippen molar-refractivity contribution in [2.75, 3.05) is 5.73 Å². The van der Waals surface area contributed by atoms with Gasteiger partial charge in [0.15, 0.2) is 0 Å². The molecule has 0 aliphatic heterocycles. The third kappa shape index (κ3) is 2.84. The lowest BCUT2D eigenvalue weighted by Gasteiger charge is -2.11. The Morgan fingerprint density at radius 2 is 2.14 bits per heavy atom. The summed E-state index contributed by atoms with van der Waals surface area (Å²) in [5, 5.41) is 0. The van der Waals surface area contributed by atoms with E-state index in [0.29, 0.717) is 27.8 Å². The van der Waals surface area contributed by atoms with Crippen LogP contribution in [0.5, 0.6) is 0 Å². The Kier molecular flexibility index (Phi) is 3.78. The fourth-order valence-electron chi connectivity index (χ4n) is 2.55. The lowest BCUT2D eigenvalue weighted by molar-refractivity contribution is 0.512. The fourth-order valence-corrected chi connectivity index (χ4v) is 2.80. The number of hydrogen-bond donors (Lipinski definition) is 1. The van der Waals surface area contributed by atoms with Gasteiger partial charge in [-0.1, -0.05) is 19.9 Å². The quantitative estimate of drug-likeness (QED) is 0.876. The molecule has 0 spiro atoms. The topological polar surface area (TPSA) is 43.8 Å². The van der Waals surface area contributed by atoms with E-state index in [4.69, 9.17) is 10.7 Å². The van der Waals surface area contributed by atoms with Gasteiger partial charge in [0.1, 0.15) is 23.2 Å². The Morgan fingerprint density at radius 1 is 1.43 bits per heavy atom. The number of nitrogens with zero attached hydrogens (tertiary/aromatic N) is 2. The largest absolute Gasteiger partial charge is 0.383 e. The minimum absolute atomic E-state index is 0.293. The van der Waals surface area contributed by atoms with Crippen LogP contribution >= 0.6 is 15.9 Å². The first kappa shape index (κ1) is 14.6. The Labute approximate surface area is 132 Å². The Balaban J connectivity index is 2.07. The summed E-state index contributed by atoms with van der Waals surface area (Å²) in [4.78, 5) is 4.72. The molecule has 3 nitrogen and oxygen atoms in total. The molecule has 21 heavy (non-hydrogen) atoms. The van der Waals surface area contributed by atoms with Crippen molar-refractivity contribution in [2.24, 2.45) is 5.92 Å². The van der Waals surface area contributed by atoms with Crippen LogP contribution in [0, 0.1) is 11.7 Å². The zero-order valence-corrected chi connectivity index (χ0v) is 13.8.